The summed E-state index contributed by atoms with van der Waals surface area (Å²) >= 11 is 0. The van der Waals surface area contributed by atoms with E-state index in [4.69, 9.17) is 0 Å². The number of carbonyl (C=O) groups is 1. The molecule has 0 fully saturated rings. The SMILES string of the molecule is O=C(/C=C/c1ccc(OC(F)F)cc1)Nc1ccccc1-c1ccccc1. The second-order valence-corrected chi connectivity index (χ2v) is 5.68. The lowest BCUT2D eigenvalue weighted by Crippen LogP contribution is -2.08. The Balaban J connectivity index is 1.69. The van der Waals surface area contributed by atoms with Gasteiger partial charge in [-0.2, -0.15) is 8.78 Å². The van der Waals surface area contributed by atoms with Gasteiger partial charge in [-0.15, -0.1) is 0 Å². The summed E-state index contributed by atoms with van der Waals surface area (Å²) in [6, 6.07) is 23.4. The van der Waals surface area contributed by atoms with Crippen LogP contribution in [0.2, 0.25) is 0 Å². The van der Waals surface area contributed by atoms with Crippen molar-refractivity contribution in [2.75, 3.05) is 5.32 Å². The number of ether oxygens (including phenoxy) is 1. The summed E-state index contributed by atoms with van der Waals surface area (Å²) in [4.78, 5) is 12.3. The third-order valence-electron chi connectivity index (χ3n) is 3.80. The summed E-state index contributed by atoms with van der Waals surface area (Å²) < 4.78 is 28.6. The molecule has 0 aliphatic carbocycles. The standard InChI is InChI=1S/C22H17F2NO2/c23-22(24)27-18-13-10-16(11-14-18)12-15-21(26)25-20-9-5-4-8-19(20)17-6-2-1-3-7-17/h1-15,22H,(H,25,26)/b15-12+. The fraction of sp³-hybridized carbons (Fsp3) is 0.0455. The van der Waals surface area contributed by atoms with Gasteiger partial charge in [0.05, 0.1) is 0 Å². The van der Waals surface area contributed by atoms with Gasteiger partial charge in [0.25, 0.3) is 0 Å². The first kappa shape index (κ1) is 18.3. The van der Waals surface area contributed by atoms with Gasteiger partial charge in [-0.1, -0.05) is 60.7 Å². The van der Waals surface area contributed by atoms with E-state index < -0.39 is 6.61 Å². The van der Waals surface area contributed by atoms with Gasteiger partial charge in [0.1, 0.15) is 5.75 Å². The van der Waals surface area contributed by atoms with Gasteiger partial charge < -0.3 is 10.1 Å². The van der Waals surface area contributed by atoms with E-state index in [1.165, 1.54) is 18.2 Å². The minimum atomic E-state index is -2.86. The zero-order valence-electron chi connectivity index (χ0n) is 14.3. The molecule has 3 nitrogen and oxygen atoms in total. The molecule has 0 spiro atoms. The highest BCUT2D eigenvalue weighted by atomic mass is 19.3. The molecule has 0 unspecified atom stereocenters. The Bertz CT molecular complexity index is 923. The van der Waals surface area contributed by atoms with Crippen LogP contribution in [0, 0.1) is 0 Å². The molecule has 3 aromatic carbocycles. The maximum absolute atomic E-state index is 12.3. The molecule has 136 valence electrons. The van der Waals surface area contributed by atoms with Crippen LogP contribution in [0.15, 0.2) is 84.9 Å². The number of nitrogens with one attached hydrogen (secondary N) is 1. The molecule has 0 bridgehead atoms. The van der Waals surface area contributed by atoms with Crippen LogP contribution >= 0.6 is 0 Å². The number of halogens is 2. The number of rotatable bonds is 6. The van der Waals surface area contributed by atoms with Gasteiger partial charge in [0, 0.05) is 17.3 Å². The number of para-hydroxylation sites is 1. The van der Waals surface area contributed by atoms with Crippen molar-refractivity contribution in [1.82, 2.24) is 0 Å². The van der Waals surface area contributed by atoms with Crippen LogP contribution < -0.4 is 10.1 Å². The molecule has 0 atom stereocenters. The number of hydrogen-bond donors (Lipinski definition) is 1. The average molecular weight is 365 g/mol. The first-order chi connectivity index (χ1) is 13.1. The average Bonchev–Trinajstić information content (AvgIpc) is 2.68. The Morgan fingerprint density at radius 3 is 2.26 bits per heavy atom. The van der Waals surface area contributed by atoms with Crippen LogP contribution in [0.3, 0.4) is 0 Å². The Hall–Kier alpha value is -3.47. The quantitative estimate of drug-likeness (QED) is 0.577. The van der Waals surface area contributed by atoms with Crippen LogP contribution in [-0.2, 0) is 4.79 Å². The highest BCUT2D eigenvalue weighted by molar-refractivity contribution is 6.04. The van der Waals surface area contributed by atoms with Crippen LogP contribution in [-0.4, -0.2) is 12.5 Å². The van der Waals surface area contributed by atoms with E-state index in [9.17, 15) is 13.6 Å². The second-order valence-electron chi connectivity index (χ2n) is 5.68. The molecule has 0 saturated carbocycles. The van der Waals surface area contributed by atoms with E-state index in [1.54, 1.807) is 18.2 Å². The summed E-state index contributed by atoms with van der Waals surface area (Å²) in [5, 5.41) is 2.87. The predicted octanol–water partition coefficient (Wildman–Crippen LogP) is 5.61. The Morgan fingerprint density at radius 2 is 1.56 bits per heavy atom. The molecule has 3 rings (SSSR count). The Labute approximate surface area is 155 Å². The fourth-order valence-electron chi connectivity index (χ4n) is 2.57. The monoisotopic (exact) mass is 365 g/mol. The molecule has 0 saturated heterocycles. The first-order valence-corrected chi connectivity index (χ1v) is 8.30. The highest BCUT2D eigenvalue weighted by Crippen LogP contribution is 2.27. The summed E-state index contributed by atoms with van der Waals surface area (Å²) in [5.74, 6) is -0.213. The van der Waals surface area contributed by atoms with Crippen molar-refractivity contribution in [2.45, 2.75) is 6.61 Å². The summed E-state index contributed by atoms with van der Waals surface area (Å²) in [7, 11) is 0. The molecule has 0 aliphatic heterocycles. The summed E-state index contributed by atoms with van der Waals surface area (Å²) in [6.45, 7) is -2.86. The Morgan fingerprint density at radius 1 is 0.889 bits per heavy atom. The van der Waals surface area contributed by atoms with Gasteiger partial charge >= 0.3 is 6.61 Å². The molecular formula is C22H17F2NO2. The first-order valence-electron chi connectivity index (χ1n) is 8.30. The minimum absolute atomic E-state index is 0.0726. The molecule has 0 aromatic heterocycles. The summed E-state index contributed by atoms with van der Waals surface area (Å²) in [6.07, 6.45) is 3.00. The fourth-order valence-corrected chi connectivity index (χ4v) is 2.57. The zero-order chi connectivity index (χ0) is 19.1. The van der Waals surface area contributed by atoms with Crippen molar-refractivity contribution in [1.29, 1.82) is 0 Å². The molecule has 0 aliphatic rings. The van der Waals surface area contributed by atoms with Crippen LogP contribution in [0.25, 0.3) is 17.2 Å². The number of alkyl halides is 2. The third kappa shape index (κ3) is 5.25. The number of carbonyl (C=O) groups excluding carboxylic acids is 1. The predicted molar refractivity (Wildman–Crippen MR) is 103 cm³/mol. The molecule has 1 amide bonds. The van der Waals surface area contributed by atoms with Crippen LogP contribution in [0.1, 0.15) is 5.56 Å². The van der Waals surface area contributed by atoms with E-state index in [-0.39, 0.29) is 11.7 Å². The zero-order valence-corrected chi connectivity index (χ0v) is 14.3. The Kier molecular flexibility index (Phi) is 5.94. The van der Waals surface area contributed by atoms with E-state index in [2.05, 4.69) is 10.1 Å². The van der Waals surface area contributed by atoms with E-state index in [0.29, 0.717) is 11.3 Å². The smallest absolute Gasteiger partial charge is 0.387 e. The van der Waals surface area contributed by atoms with Gasteiger partial charge in [-0.3, -0.25) is 4.79 Å². The topological polar surface area (TPSA) is 38.3 Å². The van der Waals surface area contributed by atoms with Crippen molar-refractivity contribution < 1.29 is 18.3 Å². The van der Waals surface area contributed by atoms with Crippen molar-refractivity contribution in [3.05, 3.63) is 90.5 Å². The summed E-state index contributed by atoms with van der Waals surface area (Å²) in [5.41, 5.74) is 3.34. The third-order valence-corrected chi connectivity index (χ3v) is 3.80. The van der Waals surface area contributed by atoms with Crippen molar-refractivity contribution in [3.8, 4) is 16.9 Å². The molecule has 5 heteroatoms. The minimum Gasteiger partial charge on any atom is -0.435 e. The largest absolute Gasteiger partial charge is 0.435 e. The lowest BCUT2D eigenvalue weighted by molar-refractivity contribution is -0.111. The highest BCUT2D eigenvalue weighted by Gasteiger charge is 2.06. The van der Waals surface area contributed by atoms with Gasteiger partial charge in [-0.25, -0.2) is 0 Å². The number of benzene rings is 3. The molecule has 0 radical (unpaired) electrons. The van der Waals surface area contributed by atoms with Crippen molar-refractivity contribution in [2.24, 2.45) is 0 Å². The van der Waals surface area contributed by atoms with Gasteiger partial charge in [0.2, 0.25) is 5.91 Å². The number of hydrogen-bond acceptors (Lipinski definition) is 2. The molecule has 27 heavy (non-hydrogen) atoms. The number of anilines is 1. The molecular weight excluding hydrogens is 348 g/mol. The maximum Gasteiger partial charge on any atom is 0.387 e. The van der Waals surface area contributed by atoms with E-state index in [0.717, 1.165) is 11.1 Å². The second kappa shape index (κ2) is 8.76. The van der Waals surface area contributed by atoms with E-state index >= 15 is 0 Å². The lowest BCUT2D eigenvalue weighted by atomic mass is 10.0. The molecule has 0 heterocycles. The van der Waals surface area contributed by atoms with Gasteiger partial charge in [0.15, 0.2) is 0 Å². The normalized spacial score (nSPS) is 10.9. The molecule has 1 N–H and O–H groups in total. The lowest BCUT2D eigenvalue weighted by Gasteiger charge is -2.10. The van der Waals surface area contributed by atoms with Crippen LogP contribution in [0.4, 0.5) is 14.5 Å². The molecule has 3 aromatic rings. The van der Waals surface area contributed by atoms with Gasteiger partial charge in [-0.05, 0) is 35.4 Å². The number of amides is 1. The van der Waals surface area contributed by atoms with Crippen LogP contribution in [0.5, 0.6) is 5.75 Å². The van der Waals surface area contributed by atoms with Crippen molar-refractivity contribution in [3.63, 3.8) is 0 Å². The van der Waals surface area contributed by atoms with Crippen molar-refractivity contribution >= 4 is 17.7 Å². The maximum atomic E-state index is 12.3. The van der Waals surface area contributed by atoms with E-state index in [1.807, 2.05) is 54.6 Å².